The van der Waals surface area contributed by atoms with Crippen molar-refractivity contribution in [2.24, 2.45) is 4.99 Å². The summed E-state index contributed by atoms with van der Waals surface area (Å²) in [6, 6.07) is 5.59. The number of benzene rings is 1. The van der Waals surface area contributed by atoms with Gasteiger partial charge >= 0.3 is 0 Å². The van der Waals surface area contributed by atoms with Gasteiger partial charge in [0.05, 0.1) is 22.6 Å². The van der Waals surface area contributed by atoms with E-state index in [9.17, 15) is 4.21 Å². The number of rotatable bonds is 6. The molecule has 0 bridgehead atoms. The lowest BCUT2D eigenvalue weighted by Crippen LogP contribution is -2.39. The van der Waals surface area contributed by atoms with E-state index in [2.05, 4.69) is 15.6 Å². The van der Waals surface area contributed by atoms with Crippen molar-refractivity contribution in [2.45, 2.75) is 45.4 Å². The minimum absolute atomic E-state index is 0.0191. The predicted molar refractivity (Wildman–Crippen MR) is 107 cm³/mol. The first-order valence-corrected chi connectivity index (χ1v) is 10.1. The van der Waals surface area contributed by atoms with Crippen molar-refractivity contribution in [2.75, 3.05) is 18.8 Å². The molecule has 24 heavy (non-hydrogen) atoms. The van der Waals surface area contributed by atoms with Crippen LogP contribution in [0, 0.1) is 0 Å². The fourth-order valence-electron chi connectivity index (χ4n) is 1.94. The van der Waals surface area contributed by atoms with Gasteiger partial charge in [0, 0.05) is 27.8 Å². The minimum Gasteiger partial charge on any atom is -0.357 e. The molecular weight excluding hydrogens is 365 g/mol. The molecule has 0 aromatic heterocycles. The first kappa shape index (κ1) is 21.3. The molecule has 0 spiro atoms. The van der Waals surface area contributed by atoms with Crippen molar-refractivity contribution >= 4 is 40.0 Å². The quantitative estimate of drug-likeness (QED) is 0.565. The Morgan fingerprint density at radius 2 is 1.96 bits per heavy atom. The Morgan fingerprint density at radius 3 is 2.50 bits per heavy atom. The standard InChI is InChI=1S/C17H27Cl2N3OS/c1-6-20-16(21-9-10-24(23)17(3,4)5)22-12(2)13-7-8-14(18)15(19)11-13/h7-8,11-12H,6,9-10H2,1-5H3,(H2,20,21,22). The number of guanidine groups is 1. The van der Waals surface area contributed by atoms with E-state index < -0.39 is 10.8 Å². The third kappa shape index (κ3) is 6.99. The third-order valence-electron chi connectivity index (χ3n) is 3.37. The van der Waals surface area contributed by atoms with Crippen molar-refractivity contribution in [1.29, 1.82) is 0 Å². The van der Waals surface area contributed by atoms with E-state index in [1.807, 2.05) is 46.8 Å². The summed E-state index contributed by atoms with van der Waals surface area (Å²) in [6.07, 6.45) is 0. The predicted octanol–water partition coefficient (Wildman–Crippen LogP) is 4.16. The first-order chi connectivity index (χ1) is 11.1. The van der Waals surface area contributed by atoms with Crippen molar-refractivity contribution in [3.63, 3.8) is 0 Å². The number of nitrogens with zero attached hydrogens (tertiary/aromatic N) is 1. The van der Waals surface area contributed by atoms with Crippen LogP contribution in [0.15, 0.2) is 23.2 Å². The van der Waals surface area contributed by atoms with Crippen LogP contribution in [-0.2, 0) is 10.8 Å². The van der Waals surface area contributed by atoms with Gasteiger partial charge in [-0.3, -0.25) is 9.20 Å². The lowest BCUT2D eigenvalue weighted by molar-refractivity contribution is 0.648. The maximum absolute atomic E-state index is 12.1. The molecule has 2 atom stereocenters. The van der Waals surface area contributed by atoms with Crippen LogP contribution in [0.1, 0.15) is 46.2 Å². The van der Waals surface area contributed by atoms with Crippen molar-refractivity contribution < 1.29 is 4.21 Å². The van der Waals surface area contributed by atoms with Crippen molar-refractivity contribution in [3.8, 4) is 0 Å². The number of halogens is 2. The Kier molecular flexibility index (Phi) is 8.54. The summed E-state index contributed by atoms with van der Waals surface area (Å²) in [6.45, 7) is 11.2. The molecular formula is C17H27Cl2N3OS. The van der Waals surface area contributed by atoms with Crippen LogP contribution in [0.2, 0.25) is 10.0 Å². The van der Waals surface area contributed by atoms with Crippen LogP contribution in [0.25, 0.3) is 0 Å². The largest absolute Gasteiger partial charge is 0.357 e. The third-order valence-corrected chi connectivity index (χ3v) is 6.03. The summed E-state index contributed by atoms with van der Waals surface area (Å²) in [7, 11) is -0.907. The van der Waals surface area contributed by atoms with Crippen molar-refractivity contribution in [1.82, 2.24) is 10.6 Å². The van der Waals surface area contributed by atoms with Crippen molar-refractivity contribution in [3.05, 3.63) is 33.8 Å². The molecule has 2 N–H and O–H groups in total. The van der Waals surface area contributed by atoms with Gasteiger partial charge in [-0.05, 0) is 52.3 Å². The first-order valence-electron chi connectivity index (χ1n) is 8.03. The molecule has 7 heteroatoms. The summed E-state index contributed by atoms with van der Waals surface area (Å²) in [5.74, 6) is 1.24. The summed E-state index contributed by atoms with van der Waals surface area (Å²) in [4.78, 5) is 4.51. The second-order valence-electron chi connectivity index (χ2n) is 6.46. The van der Waals surface area contributed by atoms with E-state index >= 15 is 0 Å². The molecule has 0 amide bonds. The van der Waals surface area contributed by atoms with E-state index in [4.69, 9.17) is 23.2 Å². The van der Waals surface area contributed by atoms with Crippen LogP contribution in [0.5, 0.6) is 0 Å². The van der Waals surface area contributed by atoms with E-state index in [-0.39, 0.29) is 10.8 Å². The average Bonchev–Trinajstić information content (AvgIpc) is 2.49. The Balaban J connectivity index is 2.72. The summed E-state index contributed by atoms with van der Waals surface area (Å²) < 4.78 is 11.9. The molecule has 1 aromatic rings. The summed E-state index contributed by atoms with van der Waals surface area (Å²) in [5.41, 5.74) is 1.02. The van der Waals surface area contributed by atoms with E-state index in [1.165, 1.54) is 0 Å². The monoisotopic (exact) mass is 391 g/mol. The molecule has 0 aliphatic rings. The topological polar surface area (TPSA) is 53.5 Å². The Hall–Kier alpha value is -0.780. The van der Waals surface area contributed by atoms with Crippen LogP contribution in [0.3, 0.4) is 0 Å². The maximum atomic E-state index is 12.1. The fraction of sp³-hybridized carbons (Fsp3) is 0.588. The van der Waals surface area contributed by atoms with Gasteiger partial charge in [0.2, 0.25) is 0 Å². The maximum Gasteiger partial charge on any atom is 0.191 e. The van der Waals surface area contributed by atoms with E-state index in [0.29, 0.717) is 28.3 Å². The SMILES string of the molecule is CCNC(=NCCS(=O)C(C)(C)C)NC(C)c1ccc(Cl)c(Cl)c1. The minimum atomic E-state index is -0.907. The molecule has 0 aliphatic heterocycles. The molecule has 0 saturated heterocycles. The summed E-state index contributed by atoms with van der Waals surface area (Å²) in [5, 5.41) is 7.61. The average molecular weight is 392 g/mol. The fourth-order valence-corrected chi connectivity index (χ4v) is 3.11. The number of hydrogen-bond donors (Lipinski definition) is 2. The van der Waals surface area contributed by atoms with Crippen LogP contribution in [0.4, 0.5) is 0 Å². The van der Waals surface area contributed by atoms with Gasteiger partial charge in [-0.1, -0.05) is 29.3 Å². The Labute approximate surface area is 157 Å². The number of nitrogens with one attached hydrogen (secondary N) is 2. The highest BCUT2D eigenvalue weighted by atomic mass is 35.5. The molecule has 0 fully saturated rings. The van der Waals surface area contributed by atoms with E-state index in [0.717, 1.165) is 12.1 Å². The lowest BCUT2D eigenvalue weighted by Gasteiger charge is -2.19. The molecule has 1 rings (SSSR count). The number of hydrogen-bond acceptors (Lipinski definition) is 2. The van der Waals surface area contributed by atoms with Crippen LogP contribution >= 0.6 is 23.2 Å². The molecule has 0 aliphatic carbocycles. The molecule has 2 unspecified atom stereocenters. The van der Waals surface area contributed by atoms with Gasteiger partial charge in [0.1, 0.15) is 0 Å². The van der Waals surface area contributed by atoms with Gasteiger partial charge in [-0.25, -0.2) is 0 Å². The zero-order chi connectivity index (χ0) is 18.3. The zero-order valence-electron chi connectivity index (χ0n) is 15.0. The van der Waals surface area contributed by atoms with Gasteiger partial charge in [-0.2, -0.15) is 0 Å². The lowest BCUT2D eigenvalue weighted by atomic mass is 10.1. The van der Waals surface area contributed by atoms with Gasteiger partial charge in [-0.15, -0.1) is 0 Å². The molecule has 0 heterocycles. The molecule has 0 radical (unpaired) electrons. The molecule has 1 aromatic carbocycles. The highest BCUT2D eigenvalue weighted by Gasteiger charge is 2.18. The molecule has 4 nitrogen and oxygen atoms in total. The Morgan fingerprint density at radius 1 is 1.29 bits per heavy atom. The van der Waals surface area contributed by atoms with Crippen LogP contribution < -0.4 is 10.6 Å². The summed E-state index contributed by atoms with van der Waals surface area (Å²) >= 11 is 12.0. The van der Waals surface area contributed by atoms with Gasteiger partial charge in [0.15, 0.2) is 5.96 Å². The van der Waals surface area contributed by atoms with Gasteiger partial charge in [0.25, 0.3) is 0 Å². The zero-order valence-corrected chi connectivity index (χ0v) is 17.3. The second-order valence-corrected chi connectivity index (χ2v) is 9.60. The Bertz CT molecular complexity index is 600. The second kappa shape index (κ2) is 9.64. The highest BCUT2D eigenvalue weighted by molar-refractivity contribution is 7.86. The van der Waals surface area contributed by atoms with Gasteiger partial charge < -0.3 is 10.6 Å². The normalized spacial score (nSPS) is 15.0. The smallest absolute Gasteiger partial charge is 0.191 e. The van der Waals surface area contributed by atoms with Crippen LogP contribution in [-0.4, -0.2) is 33.8 Å². The molecule has 136 valence electrons. The van der Waals surface area contributed by atoms with E-state index in [1.54, 1.807) is 6.07 Å². The number of aliphatic imine (C=N–C) groups is 1. The molecule has 0 saturated carbocycles. The highest BCUT2D eigenvalue weighted by Crippen LogP contribution is 2.25.